The molecule has 2 bridgehead atoms. The summed E-state index contributed by atoms with van der Waals surface area (Å²) in [6, 6.07) is 12.2. The number of hydrogen-bond acceptors (Lipinski definition) is 7. The number of benzene rings is 1. The Morgan fingerprint density at radius 3 is 2.72 bits per heavy atom. The summed E-state index contributed by atoms with van der Waals surface area (Å²) in [7, 11) is 3.37. The Hall–Kier alpha value is -3.26. The molecule has 3 aromatic rings. The predicted octanol–water partition coefficient (Wildman–Crippen LogP) is 2.97. The third-order valence-corrected chi connectivity index (χ3v) is 7.16. The van der Waals surface area contributed by atoms with Gasteiger partial charge in [0.25, 0.3) is 0 Å². The van der Waals surface area contributed by atoms with Crippen LogP contribution >= 0.6 is 0 Å². The van der Waals surface area contributed by atoms with Gasteiger partial charge in [0.15, 0.2) is 5.84 Å². The van der Waals surface area contributed by atoms with Crippen LogP contribution in [0.15, 0.2) is 53.9 Å². The van der Waals surface area contributed by atoms with Crippen molar-refractivity contribution in [2.75, 3.05) is 33.9 Å². The van der Waals surface area contributed by atoms with E-state index in [9.17, 15) is 0 Å². The van der Waals surface area contributed by atoms with Crippen LogP contribution in [-0.4, -0.2) is 64.8 Å². The summed E-state index contributed by atoms with van der Waals surface area (Å²) in [6.45, 7) is 3.76. The number of piperidine rings is 3. The van der Waals surface area contributed by atoms with Crippen molar-refractivity contribution < 1.29 is 14.3 Å². The normalized spacial score (nSPS) is 26.4. The average Bonchev–Trinajstić information content (AvgIpc) is 3.45. The molecular weight excluding hydrogens is 406 g/mol. The van der Waals surface area contributed by atoms with Gasteiger partial charge in [-0.15, -0.1) is 0 Å². The number of rotatable bonds is 5. The molecule has 166 valence electrons. The Bertz CT molecular complexity index is 1180. The van der Waals surface area contributed by atoms with Crippen LogP contribution in [0.25, 0.3) is 5.52 Å². The quantitative estimate of drug-likeness (QED) is 0.617. The number of fused-ring (bicyclic) bond motifs is 3. The van der Waals surface area contributed by atoms with E-state index < -0.39 is 5.72 Å². The summed E-state index contributed by atoms with van der Waals surface area (Å²) in [6.07, 6.45) is 6.03. The largest absolute Gasteiger partial charge is 0.497 e. The number of nitrogens with zero attached hydrogens (tertiary/aromatic N) is 5. The summed E-state index contributed by atoms with van der Waals surface area (Å²) < 4.78 is 13.0. The fourth-order valence-electron chi connectivity index (χ4n) is 5.43. The molecule has 0 aliphatic carbocycles. The lowest BCUT2D eigenvalue weighted by Crippen LogP contribution is -2.66. The van der Waals surface area contributed by atoms with Crippen LogP contribution in [-0.2, 0) is 11.4 Å². The molecule has 1 spiro atoms. The van der Waals surface area contributed by atoms with Gasteiger partial charge >= 0.3 is 0 Å². The van der Waals surface area contributed by atoms with E-state index in [4.69, 9.17) is 14.3 Å². The smallest absolute Gasteiger partial charge is 0.227 e. The monoisotopic (exact) mass is 433 g/mol. The highest BCUT2D eigenvalue weighted by molar-refractivity contribution is 6.00. The Morgan fingerprint density at radius 1 is 1.09 bits per heavy atom. The van der Waals surface area contributed by atoms with Crippen molar-refractivity contribution in [1.29, 1.82) is 0 Å². The minimum Gasteiger partial charge on any atom is -0.497 e. The maximum Gasteiger partial charge on any atom is 0.227 e. The Balaban J connectivity index is 1.42. The van der Waals surface area contributed by atoms with Gasteiger partial charge in [0.1, 0.15) is 11.5 Å². The lowest BCUT2D eigenvalue weighted by atomic mass is 9.79. The number of methoxy groups -OCH3 is 2. The molecule has 1 unspecified atom stereocenters. The van der Waals surface area contributed by atoms with Gasteiger partial charge in [-0.3, -0.25) is 4.90 Å². The van der Waals surface area contributed by atoms with E-state index in [2.05, 4.69) is 38.3 Å². The number of aromatic nitrogens is 2. The van der Waals surface area contributed by atoms with Crippen LogP contribution in [0, 0.1) is 5.92 Å². The zero-order chi connectivity index (χ0) is 21.7. The van der Waals surface area contributed by atoms with Gasteiger partial charge in [0.05, 0.1) is 32.8 Å². The van der Waals surface area contributed by atoms with E-state index in [0.29, 0.717) is 12.5 Å². The predicted molar refractivity (Wildman–Crippen MR) is 120 cm³/mol. The Labute approximate surface area is 187 Å². The molecule has 1 atom stereocenters. The number of pyridine rings is 1. The third kappa shape index (κ3) is 2.93. The first kappa shape index (κ1) is 19.4. The van der Waals surface area contributed by atoms with Gasteiger partial charge in [0, 0.05) is 35.5 Å². The zero-order valence-electron chi connectivity index (χ0n) is 18.4. The molecule has 3 saturated heterocycles. The number of hydrogen-bond donors (Lipinski definition) is 0. The van der Waals surface area contributed by atoms with E-state index >= 15 is 0 Å². The highest BCUT2D eigenvalue weighted by Crippen LogP contribution is 2.45. The second kappa shape index (κ2) is 7.41. The molecule has 0 radical (unpaired) electrons. The minimum absolute atomic E-state index is 0.441. The van der Waals surface area contributed by atoms with Crippen molar-refractivity contribution in [3.63, 3.8) is 0 Å². The van der Waals surface area contributed by atoms with Crippen LogP contribution in [0.2, 0.25) is 0 Å². The molecule has 8 heteroatoms. The average molecular weight is 434 g/mol. The summed E-state index contributed by atoms with van der Waals surface area (Å²) in [4.78, 5) is 11.2. The van der Waals surface area contributed by atoms with E-state index in [1.54, 1.807) is 20.4 Å². The zero-order valence-corrected chi connectivity index (χ0v) is 18.4. The lowest BCUT2D eigenvalue weighted by molar-refractivity contribution is -0.198. The Kier molecular flexibility index (Phi) is 4.50. The number of amidine groups is 1. The van der Waals surface area contributed by atoms with Gasteiger partial charge in [-0.1, -0.05) is 5.16 Å². The van der Waals surface area contributed by atoms with Crippen molar-refractivity contribution in [2.24, 2.45) is 11.1 Å². The van der Waals surface area contributed by atoms with Gasteiger partial charge in [0.2, 0.25) is 5.72 Å². The SMILES string of the molecule is COc1ccc(CN2C(c3ccn4nccc4c3)=NOC23CN2CCC3CC2)c(OC)c1. The van der Waals surface area contributed by atoms with E-state index in [0.717, 1.165) is 66.5 Å². The first-order valence-corrected chi connectivity index (χ1v) is 11.1. The van der Waals surface area contributed by atoms with Crippen LogP contribution < -0.4 is 9.47 Å². The summed E-state index contributed by atoms with van der Waals surface area (Å²) in [5.74, 6) is 2.89. The summed E-state index contributed by atoms with van der Waals surface area (Å²) in [5, 5.41) is 9.00. The summed E-state index contributed by atoms with van der Waals surface area (Å²) in [5.41, 5.74) is 2.68. The molecule has 1 aromatic carbocycles. The van der Waals surface area contributed by atoms with Crippen molar-refractivity contribution in [1.82, 2.24) is 19.4 Å². The van der Waals surface area contributed by atoms with Crippen LogP contribution in [0.5, 0.6) is 11.5 Å². The third-order valence-electron chi connectivity index (χ3n) is 7.16. The lowest BCUT2D eigenvalue weighted by Gasteiger charge is -2.53. The molecule has 0 amide bonds. The maximum absolute atomic E-state index is 6.36. The molecule has 8 nitrogen and oxygen atoms in total. The van der Waals surface area contributed by atoms with Crippen molar-refractivity contribution in [3.8, 4) is 11.5 Å². The number of oxime groups is 1. The topological polar surface area (TPSA) is 63.8 Å². The van der Waals surface area contributed by atoms with E-state index in [1.807, 2.05) is 28.9 Å². The van der Waals surface area contributed by atoms with Crippen LogP contribution in [0.1, 0.15) is 24.0 Å². The molecule has 6 heterocycles. The fourth-order valence-corrected chi connectivity index (χ4v) is 5.43. The van der Waals surface area contributed by atoms with Crippen LogP contribution in [0.3, 0.4) is 0 Å². The Morgan fingerprint density at radius 2 is 1.97 bits per heavy atom. The first-order valence-electron chi connectivity index (χ1n) is 11.1. The molecular formula is C24H27N5O3. The highest BCUT2D eigenvalue weighted by Gasteiger charge is 2.57. The summed E-state index contributed by atoms with van der Waals surface area (Å²) >= 11 is 0. The minimum atomic E-state index is -0.455. The fraction of sp³-hybridized carbons (Fsp3) is 0.417. The molecule has 2 aromatic heterocycles. The van der Waals surface area contributed by atoms with Crippen molar-refractivity contribution >= 4 is 11.4 Å². The first-order chi connectivity index (χ1) is 15.7. The number of ether oxygens (including phenoxy) is 2. The standard InChI is InChI=1S/C24H27N5O3/c1-30-21-4-3-18(22(14-21)31-2)15-28-23(17-6-12-29-20(13-17)5-9-25-29)26-32-24(28)16-27-10-7-19(24)8-11-27/h3-6,9,12-14,19H,7-8,10-11,15-16H2,1-2H3. The van der Waals surface area contributed by atoms with Crippen molar-refractivity contribution in [3.05, 3.63) is 59.9 Å². The molecule has 32 heavy (non-hydrogen) atoms. The molecule has 4 aliphatic heterocycles. The highest BCUT2D eigenvalue weighted by atomic mass is 16.7. The van der Waals surface area contributed by atoms with Crippen molar-refractivity contribution in [2.45, 2.75) is 25.1 Å². The van der Waals surface area contributed by atoms with Crippen LogP contribution in [0.4, 0.5) is 0 Å². The van der Waals surface area contributed by atoms with E-state index in [-0.39, 0.29) is 0 Å². The van der Waals surface area contributed by atoms with E-state index in [1.165, 1.54) is 0 Å². The second-order valence-corrected chi connectivity index (χ2v) is 8.78. The molecule has 3 fully saturated rings. The molecule has 0 saturated carbocycles. The maximum atomic E-state index is 6.36. The molecule has 0 N–H and O–H groups in total. The second-order valence-electron chi connectivity index (χ2n) is 8.78. The molecule has 4 aliphatic rings. The van der Waals surface area contributed by atoms with Gasteiger partial charge < -0.3 is 19.2 Å². The van der Waals surface area contributed by atoms with Gasteiger partial charge in [-0.05, 0) is 56.3 Å². The van der Waals surface area contributed by atoms with Gasteiger partial charge in [-0.25, -0.2) is 4.52 Å². The van der Waals surface area contributed by atoms with Gasteiger partial charge in [-0.2, -0.15) is 5.10 Å². The molecule has 7 rings (SSSR count).